The summed E-state index contributed by atoms with van der Waals surface area (Å²) in [4.78, 5) is 1.32. The Hall–Kier alpha value is -4.50. The van der Waals surface area contributed by atoms with Gasteiger partial charge in [-0.1, -0.05) is 129 Å². The van der Waals surface area contributed by atoms with Crippen LogP contribution in [0.3, 0.4) is 0 Å². The lowest BCUT2D eigenvalue weighted by atomic mass is 9.90. The molecule has 0 unspecified atom stereocenters. The van der Waals surface area contributed by atoms with E-state index < -0.39 is 0 Å². The van der Waals surface area contributed by atoms with Gasteiger partial charge in [-0.25, -0.2) is 0 Å². The van der Waals surface area contributed by atoms with Gasteiger partial charge in [0.1, 0.15) is 0 Å². The van der Waals surface area contributed by atoms with Crippen LogP contribution in [-0.4, -0.2) is 7.05 Å². The zero-order chi connectivity index (χ0) is 29.5. The van der Waals surface area contributed by atoms with Crippen LogP contribution in [0, 0.1) is 6.92 Å². The van der Waals surface area contributed by atoms with Gasteiger partial charge in [0.25, 0.3) is 0 Å². The third kappa shape index (κ3) is 5.78. The molecule has 1 heterocycles. The standard InChI is InChI=1S/C37H26S.C2H6.CH5N/c1-25-33(17-10-18-34(25)36-24-29-20-19-28-15-8-9-16-35(28)37(29)38-36)32-22-30(26-11-4-2-5-12-26)21-31(23-32)27-13-6-3-7-14-27;2*1-2/h2-24H,1H3;1-2H3;2H2,1H3. The Bertz CT molecular complexity index is 1860. The summed E-state index contributed by atoms with van der Waals surface area (Å²) in [5, 5.41) is 3.94. The lowest BCUT2D eigenvalue weighted by Crippen LogP contribution is -1.90. The van der Waals surface area contributed by atoms with Crippen molar-refractivity contribution in [2.24, 2.45) is 5.73 Å². The van der Waals surface area contributed by atoms with Crippen LogP contribution in [-0.2, 0) is 0 Å². The van der Waals surface area contributed by atoms with E-state index in [1.807, 2.05) is 25.2 Å². The van der Waals surface area contributed by atoms with Crippen LogP contribution >= 0.6 is 11.3 Å². The molecule has 7 rings (SSSR count). The lowest BCUT2D eigenvalue weighted by Gasteiger charge is -2.15. The summed E-state index contributed by atoms with van der Waals surface area (Å²) in [7, 11) is 1.50. The molecule has 42 heavy (non-hydrogen) atoms. The van der Waals surface area contributed by atoms with Gasteiger partial charge in [-0.15, -0.1) is 11.3 Å². The average Bonchev–Trinajstić information content (AvgIpc) is 3.52. The molecule has 0 amide bonds. The molecule has 0 aliphatic carbocycles. The quantitative estimate of drug-likeness (QED) is 0.226. The topological polar surface area (TPSA) is 26.0 Å². The Labute approximate surface area is 253 Å². The highest BCUT2D eigenvalue weighted by Crippen LogP contribution is 2.42. The van der Waals surface area contributed by atoms with E-state index in [1.54, 1.807) is 0 Å². The van der Waals surface area contributed by atoms with Gasteiger partial charge in [0.15, 0.2) is 0 Å². The molecule has 1 nitrogen and oxygen atoms in total. The molecule has 0 bridgehead atoms. The van der Waals surface area contributed by atoms with E-state index in [9.17, 15) is 0 Å². The summed E-state index contributed by atoms with van der Waals surface area (Å²) in [5.41, 5.74) is 14.6. The van der Waals surface area contributed by atoms with Gasteiger partial charge in [-0.3, -0.25) is 0 Å². The van der Waals surface area contributed by atoms with Crippen molar-refractivity contribution in [3.8, 4) is 43.8 Å². The van der Waals surface area contributed by atoms with Crippen LogP contribution in [0.4, 0.5) is 0 Å². The molecule has 0 aliphatic heterocycles. The second-order valence-corrected chi connectivity index (χ2v) is 10.9. The fraction of sp³-hybridized carbons (Fsp3) is 0.100. The Morgan fingerprint density at radius 1 is 0.452 bits per heavy atom. The van der Waals surface area contributed by atoms with Crippen molar-refractivity contribution in [1.29, 1.82) is 0 Å². The molecule has 0 radical (unpaired) electrons. The van der Waals surface area contributed by atoms with Crippen LogP contribution in [0.15, 0.2) is 140 Å². The summed E-state index contributed by atoms with van der Waals surface area (Å²) in [6, 6.07) is 50.6. The van der Waals surface area contributed by atoms with Crippen molar-refractivity contribution >= 4 is 32.2 Å². The van der Waals surface area contributed by atoms with Crippen LogP contribution in [0.25, 0.3) is 64.7 Å². The molecule has 7 aromatic rings. The molecule has 0 saturated heterocycles. The number of nitrogens with two attached hydrogens (primary N) is 1. The number of rotatable bonds is 4. The first kappa shape index (κ1) is 29.0. The fourth-order valence-electron chi connectivity index (χ4n) is 5.49. The smallest absolute Gasteiger partial charge is 0.0427 e. The number of hydrogen-bond acceptors (Lipinski definition) is 2. The Kier molecular flexibility index (Phi) is 9.28. The van der Waals surface area contributed by atoms with Gasteiger partial charge >= 0.3 is 0 Å². The summed E-state index contributed by atoms with van der Waals surface area (Å²) in [6.07, 6.45) is 0. The largest absolute Gasteiger partial charge is 0.333 e. The third-order valence-electron chi connectivity index (χ3n) is 7.47. The number of benzene rings is 6. The molecule has 2 N–H and O–H groups in total. The van der Waals surface area contributed by atoms with Gasteiger partial charge in [0.2, 0.25) is 0 Å². The van der Waals surface area contributed by atoms with E-state index >= 15 is 0 Å². The van der Waals surface area contributed by atoms with Crippen LogP contribution in [0.2, 0.25) is 0 Å². The molecule has 6 aromatic carbocycles. The minimum absolute atomic E-state index is 1.23. The molecule has 0 fully saturated rings. The predicted octanol–water partition coefficient (Wildman–Crippen LogP) is 11.6. The van der Waals surface area contributed by atoms with Gasteiger partial charge in [-0.05, 0) is 98.9 Å². The first-order valence-electron chi connectivity index (χ1n) is 14.6. The fourth-order valence-corrected chi connectivity index (χ4v) is 6.77. The van der Waals surface area contributed by atoms with E-state index in [0.717, 1.165) is 0 Å². The van der Waals surface area contributed by atoms with Crippen molar-refractivity contribution < 1.29 is 0 Å². The van der Waals surface area contributed by atoms with Gasteiger partial charge in [0.05, 0.1) is 0 Å². The first-order chi connectivity index (χ1) is 20.7. The van der Waals surface area contributed by atoms with Crippen molar-refractivity contribution in [3.63, 3.8) is 0 Å². The van der Waals surface area contributed by atoms with Gasteiger partial charge in [0, 0.05) is 9.58 Å². The maximum atomic E-state index is 4.50. The summed E-state index contributed by atoms with van der Waals surface area (Å²) < 4.78 is 1.36. The van der Waals surface area contributed by atoms with E-state index in [-0.39, 0.29) is 0 Å². The molecule has 0 atom stereocenters. The normalized spacial score (nSPS) is 10.5. The highest BCUT2D eigenvalue weighted by molar-refractivity contribution is 7.23. The summed E-state index contributed by atoms with van der Waals surface area (Å²) in [6.45, 7) is 6.27. The zero-order valence-corrected chi connectivity index (χ0v) is 25.6. The second-order valence-electron chi connectivity index (χ2n) is 9.82. The van der Waals surface area contributed by atoms with E-state index in [1.165, 1.54) is 77.3 Å². The minimum atomic E-state index is 1.23. The number of fused-ring (bicyclic) bond motifs is 3. The van der Waals surface area contributed by atoms with Gasteiger partial charge < -0.3 is 5.73 Å². The first-order valence-corrected chi connectivity index (χ1v) is 15.4. The zero-order valence-electron chi connectivity index (χ0n) is 24.8. The molecule has 208 valence electrons. The molecule has 1 aromatic heterocycles. The second kappa shape index (κ2) is 13.4. The van der Waals surface area contributed by atoms with E-state index in [0.29, 0.717) is 0 Å². The third-order valence-corrected chi connectivity index (χ3v) is 8.68. The van der Waals surface area contributed by atoms with Gasteiger partial charge in [-0.2, -0.15) is 0 Å². The van der Waals surface area contributed by atoms with E-state index in [4.69, 9.17) is 0 Å². The molecule has 0 aliphatic rings. The Balaban J connectivity index is 0.000000847. The van der Waals surface area contributed by atoms with E-state index in [2.05, 4.69) is 152 Å². The Morgan fingerprint density at radius 3 is 1.62 bits per heavy atom. The van der Waals surface area contributed by atoms with Crippen molar-refractivity contribution in [1.82, 2.24) is 0 Å². The lowest BCUT2D eigenvalue weighted by molar-refractivity contribution is 1.46. The molecule has 0 spiro atoms. The SMILES string of the molecule is CC.CN.Cc1c(-c2cc(-c3ccccc3)cc(-c3ccccc3)c2)cccc1-c1cc2ccc3ccccc3c2s1. The van der Waals surface area contributed by atoms with Crippen molar-refractivity contribution in [2.45, 2.75) is 20.8 Å². The monoisotopic (exact) mass is 563 g/mol. The van der Waals surface area contributed by atoms with Crippen LogP contribution < -0.4 is 5.73 Å². The maximum absolute atomic E-state index is 4.50. The number of thiophene rings is 1. The highest BCUT2D eigenvalue weighted by Gasteiger charge is 2.14. The van der Waals surface area contributed by atoms with Crippen LogP contribution in [0.5, 0.6) is 0 Å². The molecular formula is C40H37NS. The Morgan fingerprint density at radius 2 is 0.976 bits per heavy atom. The molecule has 0 saturated carbocycles. The highest BCUT2D eigenvalue weighted by atomic mass is 32.1. The maximum Gasteiger partial charge on any atom is 0.0427 e. The van der Waals surface area contributed by atoms with Crippen molar-refractivity contribution in [2.75, 3.05) is 7.05 Å². The molecular weight excluding hydrogens is 527 g/mol. The van der Waals surface area contributed by atoms with Crippen LogP contribution in [0.1, 0.15) is 19.4 Å². The molecule has 2 heteroatoms. The van der Waals surface area contributed by atoms with Crippen molar-refractivity contribution in [3.05, 3.63) is 145 Å². The predicted molar refractivity (Wildman–Crippen MR) is 187 cm³/mol. The summed E-state index contributed by atoms with van der Waals surface area (Å²) >= 11 is 1.90. The minimum Gasteiger partial charge on any atom is -0.333 e. The average molecular weight is 564 g/mol. The summed E-state index contributed by atoms with van der Waals surface area (Å²) in [5.74, 6) is 0. The number of hydrogen-bond donors (Lipinski definition) is 1.